The van der Waals surface area contributed by atoms with Crippen molar-refractivity contribution in [3.63, 3.8) is 0 Å². The third-order valence-electron chi connectivity index (χ3n) is 3.31. The zero-order valence-electron chi connectivity index (χ0n) is 7.74. The molecule has 0 spiro atoms. The summed E-state index contributed by atoms with van der Waals surface area (Å²) in [5.41, 5.74) is 0. The number of rotatable bonds is 1. The third-order valence-corrected chi connectivity index (χ3v) is 3.31. The van der Waals surface area contributed by atoms with E-state index in [-0.39, 0.29) is 5.92 Å². The van der Waals surface area contributed by atoms with Crippen LogP contribution in [0.5, 0.6) is 0 Å². The summed E-state index contributed by atoms with van der Waals surface area (Å²) in [5, 5.41) is 8.89. The molecule has 0 amide bonds. The van der Waals surface area contributed by atoms with Crippen LogP contribution in [0.2, 0.25) is 0 Å². The Labute approximate surface area is 78.1 Å². The lowest BCUT2D eigenvalue weighted by molar-refractivity contribution is -0.146. The van der Waals surface area contributed by atoms with Crippen molar-refractivity contribution in [2.45, 2.75) is 38.2 Å². The first-order valence-corrected chi connectivity index (χ1v) is 5.12. The van der Waals surface area contributed by atoms with Gasteiger partial charge in [0.1, 0.15) is 0 Å². The van der Waals surface area contributed by atoms with E-state index in [2.05, 4.69) is 0 Å². The highest BCUT2D eigenvalue weighted by atomic mass is 16.5. The minimum atomic E-state index is -0.621. The van der Waals surface area contributed by atoms with E-state index in [0.29, 0.717) is 12.0 Å². The number of hydrogen-bond acceptors (Lipinski definition) is 2. The number of carboxylic acid groups (broad SMARTS) is 1. The van der Waals surface area contributed by atoms with E-state index in [1.54, 1.807) is 0 Å². The van der Waals surface area contributed by atoms with Gasteiger partial charge >= 0.3 is 5.97 Å². The number of ether oxygens (including phenoxy) is 1. The van der Waals surface area contributed by atoms with Gasteiger partial charge in [-0.05, 0) is 38.0 Å². The summed E-state index contributed by atoms with van der Waals surface area (Å²) in [6.45, 7) is 0.874. The van der Waals surface area contributed by atoms with Gasteiger partial charge in [0.05, 0.1) is 12.0 Å². The van der Waals surface area contributed by atoms with Crippen LogP contribution in [0, 0.1) is 11.8 Å². The van der Waals surface area contributed by atoms with Crippen LogP contribution >= 0.6 is 0 Å². The van der Waals surface area contributed by atoms with E-state index in [0.717, 1.165) is 38.7 Å². The summed E-state index contributed by atoms with van der Waals surface area (Å²) in [7, 11) is 0. The average molecular weight is 184 g/mol. The molecule has 1 aliphatic carbocycles. The van der Waals surface area contributed by atoms with E-state index in [1.165, 1.54) is 0 Å². The van der Waals surface area contributed by atoms with Crippen molar-refractivity contribution in [3.05, 3.63) is 0 Å². The summed E-state index contributed by atoms with van der Waals surface area (Å²) < 4.78 is 5.62. The Balaban J connectivity index is 1.95. The molecule has 1 saturated carbocycles. The Bertz CT molecular complexity index is 202. The Morgan fingerprint density at radius 3 is 2.92 bits per heavy atom. The zero-order chi connectivity index (χ0) is 9.26. The number of hydrogen-bond donors (Lipinski definition) is 1. The minimum absolute atomic E-state index is 0.108. The standard InChI is InChI=1S/C10H16O3/c11-10(12)8-3-4-9-7(6-8)2-1-5-13-9/h7-9H,1-6H2,(H,11,12)/t7-,8-,9-/m0/s1. The lowest BCUT2D eigenvalue weighted by atomic mass is 9.76. The van der Waals surface area contributed by atoms with Gasteiger partial charge in [0, 0.05) is 6.61 Å². The van der Waals surface area contributed by atoms with Crippen LogP contribution in [0.25, 0.3) is 0 Å². The van der Waals surface area contributed by atoms with Crippen LogP contribution in [0.3, 0.4) is 0 Å². The summed E-state index contributed by atoms with van der Waals surface area (Å²) in [6.07, 6.45) is 5.21. The van der Waals surface area contributed by atoms with Crippen molar-refractivity contribution in [3.8, 4) is 0 Å². The van der Waals surface area contributed by atoms with Gasteiger partial charge in [-0.3, -0.25) is 4.79 Å². The number of carboxylic acids is 1. The second-order valence-corrected chi connectivity index (χ2v) is 4.16. The fourth-order valence-electron chi connectivity index (χ4n) is 2.56. The van der Waals surface area contributed by atoms with E-state index >= 15 is 0 Å². The molecule has 2 rings (SSSR count). The first-order valence-electron chi connectivity index (χ1n) is 5.12. The van der Waals surface area contributed by atoms with Crippen molar-refractivity contribution < 1.29 is 14.6 Å². The van der Waals surface area contributed by atoms with Crippen molar-refractivity contribution in [2.24, 2.45) is 11.8 Å². The summed E-state index contributed by atoms with van der Waals surface area (Å²) >= 11 is 0. The Hall–Kier alpha value is -0.570. The molecule has 0 aromatic heterocycles. The Kier molecular flexibility index (Phi) is 2.54. The maximum Gasteiger partial charge on any atom is 0.306 e. The van der Waals surface area contributed by atoms with Crippen LogP contribution in [0.15, 0.2) is 0 Å². The normalized spacial score (nSPS) is 39.5. The van der Waals surface area contributed by atoms with Gasteiger partial charge in [0.15, 0.2) is 0 Å². The molecule has 0 unspecified atom stereocenters. The molecule has 1 aliphatic heterocycles. The maximum absolute atomic E-state index is 10.8. The lowest BCUT2D eigenvalue weighted by Crippen LogP contribution is -2.37. The van der Waals surface area contributed by atoms with Crippen molar-refractivity contribution in [2.75, 3.05) is 6.61 Å². The zero-order valence-corrected chi connectivity index (χ0v) is 7.74. The molecular weight excluding hydrogens is 168 g/mol. The number of fused-ring (bicyclic) bond motifs is 1. The smallest absolute Gasteiger partial charge is 0.306 e. The maximum atomic E-state index is 10.8. The van der Waals surface area contributed by atoms with E-state index < -0.39 is 5.97 Å². The molecule has 1 N–H and O–H groups in total. The average Bonchev–Trinajstić information content (AvgIpc) is 2.17. The molecule has 2 aliphatic rings. The van der Waals surface area contributed by atoms with Gasteiger partial charge in [0.2, 0.25) is 0 Å². The monoisotopic (exact) mass is 184 g/mol. The van der Waals surface area contributed by atoms with Gasteiger partial charge in [-0.1, -0.05) is 0 Å². The largest absolute Gasteiger partial charge is 0.481 e. The topological polar surface area (TPSA) is 46.5 Å². The van der Waals surface area contributed by atoms with Crippen molar-refractivity contribution in [1.29, 1.82) is 0 Å². The Morgan fingerprint density at radius 1 is 1.31 bits per heavy atom. The fourth-order valence-corrected chi connectivity index (χ4v) is 2.56. The van der Waals surface area contributed by atoms with Crippen molar-refractivity contribution in [1.82, 2.24) is 0 Å². The molecule has 1 saturated heterocycles. The molecule has 0 aromatic carbocycles. The molecule has 0 radical (unpaired) electrons. The van der Waals surface area contributed by atoms with Gasteiger partial charge in [-0.25, -0.2) is 0 Å². The van der Waals surface area contributed by atoms with Crippen LogP contribution in [-0.2, 0) is 9.53 Å². The minimum Gasteiger partial charge on any atom is -0.481 e. The van der Waals surface area contributed by atoms with Crippen molar-refractivity contribution >= 4 is 5.97 Å². The highest BCUT2D eigenvalue weighted by Crippen LogP contribution is 2.36. The van der Waals surface area contributed by atoms with E-state index in [1.807, 2.05) is 0 Å². The highest BCUT2D eigenvalue weighted by molar-refractivity contribution is 5.70. The number of carbonyl (C=O) groups is 1. The third kappa shape index (κ3) is 1.85. The molecule has 3 nitrogen and oxygen atoms in total. The lowest BCUT2D eigenvalue weighted by Gasteiger charge is -2.37. The van der Waals surface area contributed by atoms with Gasteiger partial charge in [0.25, 0.3) is 0 Å². The van der Waals surface area contributed by atoms with E-state index in [9.17, 15) is 4.79 Å². The summed E-state index contributed by atoms with van der Waals surface area (Å²) in [4.78, 5) is 10.8. The molecule has 1 heterocycles. The van der Waals surface area contributed by atoms with Crippen LogP contribution in [0.4, 0.5) is 0 Å². The molecule has 74 valence electrons. The first-order chi connectivity index (χ1) is 6.27. The molecule has 3 atom stereocenters. The highest BCUT2D eigenvalue weighted by Gasteiger charge is 2.35. The predicted molar refractivity (Wildman–Crippen MR) is 47.4 cm³/mol. The first kappa shape index (κ1) is 9.00. The Morgan fingerprint density at radius 2 is 2.15 bits per heavy atom. The second kappa shape index (κ2) is 3.66. The van der Waals surface area contributed by atoms with Gasteiger partial charge in [-0.2, -0.15) is 0 Å². The molecule has 0 bridgehead atoms. The summed E-state index contributed by atoms with van der Waals surface area (Å²) in [6, 6.07) is 0. The fraction of sp³-hybridized carbons (Fsp3) is 0.900. The van der Waals surface area contributed by atoms with E-state index in [4.69, 9.17) is 9.84 Å². The molecule has 3 heteroatoms. The second-order valence-electron chi connectivity index (χ2n) is 4.16. The van der Waals surface area contributed by atoms with Crippen LogP contribution in [0.1, 0.15) is 32.1 Å². The molecule has 2 fully saturated rings. The SMILES string of the molecule is O=C(O)[C@H]1CC[C@@H]2OCCC[C@H]2C1. The van der Waals surface area contributed by atoms with Gasteiger partial charge in [-0.15, -0.1) is 0 Å². The summed E-state index contributed by atoms with van der Waals surface area (Å²) in [5.74, 6) is -0.212. The molecule has 13 heavy (non-hydrogen) atoms. The van der Waals surface area contributed by atoms with Crippen LogP contribution < -0.4 is 0 Å². The predicted octanol–water partition coefficient (Wildman–Crippen LogP) is 1.67. The van der Waals surface area contributed by atoms with Gasteiger partial charge < -0.3 is 9.84 Å². The number of aliphatic carboxylic acids is 1. The van der Waals surface area contributed by atoms with Crippen LogP contribution in [-0.4, -0.2) is 23.8 Å². The molecular formula is C10H16O3. The molecule has 0 aromatic rings. The quantitative estimate of drug-likeness (QED) is 0.674.